The van der Waals surface area contributed by atoms with E-state index >= 15 is 0 Å². The molecule has 0 amide bonds. The first kappa shape index (κ1) is 20.6. The van der Waals surface area contributed by atoms with E-state index in [9.17, 15) is 4.79 Å². The number of rotatable bonds is 5. The standard InChI is InChI=1S/C12H21N5O.2C2H6/c1-14-12-6-10(16-17-12)11(18)7-15-9-5-3-2-4-8(9)13;2*1-2/h6,8-9,15H,2-5,7,13H2,1H3,(H2,14,16,17);2*1-2H3. The predicted octanol–water partition coefficient (Wildman–Crippen LogP) is 2.55. The van der Waals surface area contributed by atoms with Crippen LogP contribution in [0.1, 0.15) is 63.9 Å². The molecule has 1 heterocycles. The number of nitrogens with two attached hydrogens (primary N) is 1. The molecule has 0 aromatic carbocycles. The van der Waals surface area contributed by atoms with Gasteiger partial charge in [0.2, 0.25) is 0 Å². The smallest absolute Gasteiger partial charge is 0.194 e. The quantitative estimate of drug-likeness (QED) is 0.627. The van der Waals surface area contributed by atoms with Crippen molar-refractivity contribution in [2.75, 3.05) is 18.9 Å². The van der Waals surface area contributed by atoms with E-state index in [1.54, 1.807) is 13.1 Å². The van der Waals surface area contributed by atoms with Crippen molar-refractivity contribution in [3.63, 3.8) is 0 Å². The number of Topliss-reactive ketones (excluding diaryl/α,β-unsaturated/α-hetero) is 1. The Morgan fingerprint density at radius 3 is 2.50 bits per heavy atom. The van der Waals surface area contributed by atoms with Crippen LogP contribution in [-0.2, 0) is 0 Å². The molecule has 22 heavy (non-hydrogen) atoms. The molecule has 0 aliphatic heterocycles. The van der Waals surface area contributed by atoms with Gasteiger partial charge in [0.05, 0.1) is 6.54 Å². The van der Waals surface area contributed by atoms with Gasteiger partial charge >= 0.3 is 0 Å². The second-order valence-corrected chi connectivity index (χ2v) is 4.78. The van der Waals surface area contributed by atoms with E-state index in [4.69, 9.17) is 5.73 Å². The van der Waals surface area contributed by atoms with Crippen molar-refractivity contribution >= 4 is 11.6 Å². The SMILES string of the molecule is CC.CC.CNc1cc(C(=O)CNC2CCCCC2N)[nH]n1. The zero-order valence-electron chi connectivity index (χ0n) is 14.7. The van der Waals surface area contributed by atoms with Crippen LogP contribution in [-0.4, -0.2) is 41.7 Å². The van der Waals surface area contributed by atoms with E-state index < -0.39 is 0 Å². The van der Waals surface area contributed by atoms with Crippen molar-refractivity contribution in [3.8, 4) is 0 Å². The molecule has 0 bridgehead atoms. The van der Waals surface area contributed by atoms with E-state index in [2.05, 4.69) is 20.8 Å². The number of carbonyl (C=O) groups is 1. The summed E-state index contributed by atoms with van der Waals surface area (Å²) in [6.45, 7) is 8.31. The molecule has 1 saturated carbocycles. The van der Waals surface area contributed by atoms with Crippen molar-refractivity contribution < 1.29 is 4.79 Å². The molecule has 2 unspecified atom stereocenters. The molecule has 1 aromatic rings. The molecule has 128 valence electrons. The van der Waals surface area contributed by atoms with Crippen LogP contribution in [0.15, 0.2) is 6.07 Å². The lowest BCUT2D eigenvalue weighted by Gasteiger charge is -2.29. The summed E-state index contributed by atoms with van der Waals surface area (Å²) in [4.78, 5) is 11.9. The van der Waals surface area contributed by atoms with E-state index in [0.29, 0.717) is 18.1 Å². The fraction of sp³-hybridized carbons (Fsp3) is 0.750. The zero-order chi connectivity index (χ0) is 17.0. The number of H-pyrrole nitrogens is 1. The highest BCUT2D eigenvalue weighted by Crippen LogP contribution is 2.16. The Balaban J connectivity index is 0.00000102. The predicted molar refractivity (Wildman–Crippen MR) is 93.4 cm³/mol. The van der Waals surface area contributed by atoms with Gasteiger partial charge in [-0.3, -0.25) is 9.89 Å². The Hall–Kier alpha value is -1.40. The number of aromatic amines is 1. The van der Waals surface area contributed by atoms with Gasteiger partial charge in [0.1, 0.15) is 11.5 Å². The maximum Gasteiger partial charge on any atom is 0.194 e. The Labute approximate surface area is 134 Å². The first-order chi connectivity index (χ1) is 10.7. The van der Waals surface area contributed by atoms with Crippen LogP contribution >= 0.6 is 0 Å². The minimum absolute atomic E-state index is 0.0155. The van der Waals surface area contributed by atoms with Gasteiger partial charge in [0.15, 0.2) is 5.78 Å². The van der Waals surface area contributed by atoms with Crippen LogP contribution < -0.4 is 16.4 Å². The lowest BCUT2D eigenvalue weighted by molar-refractivity contribution is 0.0978. The number of anilines is 1. The third kappa shape index (κ3) is 6.58. The molecule has 0 saturated heterocycles. The van der Waals surface area contributed by atoms with Crippen molar-refractivity contribution in [1.29, 1.82) is 0 Å². The van der Waals surface area contributed by atoms with Crippen LogP contribution in [0.2, 0.25) is 0 Å². The summed E-state index contributed by atoms with van der Waals surface area (Å²) < 4.78 is 0. The van der Waals surface area contributed by atoms with Crippen molar-refractivity contribution in [3.05, 3.63) is 11.8 Å². The van der Waals surface area contributed by atoms with Crippen molar-refractivity contribution in [2.45, 2.75) is 65.5 Å². The molecule has 6 nitrogen and oxygen atoms in total. The van der Waals surface area contributed by atoms with E-state index in [-0.39, 0.29) is 17.9 Å². The third-order valence-electron chi connectivity index (χ3n) is 3.48. The Kier molecular flexibility index (Phi) is 11.4. The maximum absolute atomic E-state index is 11.9. The van der Waals surface area contributed by atoms with Gasteiger partial charge in [0, 0.05) is 25.2 Å². The number of nitrogens with zero attached hydrogens (tertiary/aromatic N) is 1. The summed E-state index contributed by atoms with van der Waals surface area (Å²) in [5.41, 5.74) is 6.55. The van der Waals surface area contributed by atoms with Gasteiger partial charge in [-0.05, 0) is 12.8 Å². The Bertz CT molecular complexity index is 405. The lowest BCUT2D eigenvalue weighted by atomic mass is 9.91. The maximum atomic E-state index is 11.9. The summed E-state index contributed by atoms with van der Waals surface area (Å²) in [6.07, 6.45) is 4.48. The monoisotopic (exact) mass is 311 g/mol. The summed E-state index contributed by atoms with van der Waals surface area (Å²) in [5.74, 6) is 0.689. The normalized spacial score (nSPS) is 20.1. The minimum atomic E-state index is 0.0155. The largest absolute Gasteiger partial charge is 0.372 e. The second-order valence-electron chi connectivity index (χ2n) is 4.78. The fourth-order valence-corrected chi connectivity index (χ4v) is 2.32. The first-order valence-corrected chi connectivity index (χ1v) is 8.46. The average molecular weight is 311 g/mol. The molecule has 1 fully saturated rings. The summed E-state index contributed by atoms with van der Waals surface area (Å²) >= 11 is 0. The van der Waals surface area contributed by atoms with Gasteiger partial charge in [0.25, 0.3) is 0 Å². The zero-order valence-corrected chi connectivity index (χ0v) is 14.7. The second kappa shape index (κ2) is 12.2. The number of hydrogen-bond donors (Lipinski definition) is 4. The Morgan fingerprint density at radius 1 is 1.32 bits per heavy atom. The van der Waals surface area contributed by atoms with Gasteiger partial charge in [-0.15, -0.1) is 0 Å². The highest BCUT2D eigenvalue weighted by atomic mass is 16.1. The van der Waals surface area contributed by atoms with E-state index in [0.717, 1.165) is 12.8 Å². The van der Waals surface area contributed by atoms with Crippen LogP contribution in [0.3, 0.4) is 0 Å². The van der Waals surface area contributed by atoms with Gasteiger partial charge < -0.3 is 16.4 Å². The van der Waals surface area contributed by atoms with Crippen molar-refractivity contribution in [1.82, 2.24) is 15.5 Å². The van der Waals surface area contributed by atoms with E-state index in [1.165, 1.54) is 12.8 Å². The molecule has 1 aliphatic carbocycles. The third-order valence-corrected chi connectivity index (χ3v) is 3.48. The minimum Gasteiger partial charge on any atom is -0.372 e. The molecular weight excluding hydrogens is 278 g/mol. The summed E-state index contributed by atoms with van der Waals surface area (Å²) in [6, 6.07) is 2.14. The molecule has 0 spiro atoms. The highest BCUT2D eigenvalue weighted by molar-refractivity contribution is 5.96. The molecule has 6 heteroatoms. The molecular formula is C16H33N5O. The fourth-order valence-electron chi connectivity index (χ4n) is 2.32. The molecule has 2 atom stereocenters. The van der Waals surface area contributed by atoms with Crippen LogP contribution in [0, 0.1) is 0 Å². The van der Waals surface area contributed by atoms with Crippen LogP contribution in [0.5, 0.6) is 0 Å². The molecule has 2 rings (SSSR count). The summed E-state index contributed by atoms with van der Waals surface area (Å²) in [7, 11) is 1.77. The topological polar surface area (TPSA) is 95.8 Å². The first-order valence-electron chi connectivity index (χ1n) is 8.46. The van der Waals surface area contributed by atoms with Crippen LogP contribution in [0.4, 0.5) is 5.82 Å². The number of nitrogens with one attached hydrogen (secondary N) is 3. The molecule has 1 aliphatic rings. The number of hydrogen-bond acceptors (Lipinski definition) is 5. The van der Waals surface area contributed by atoms with E-state index in [1.807, 2.05) is 27.7 Å². The highest BCUT2D eigenvalue weighted by Gasteiger charge is 2.22. The number of ketones is 1. The average Bonchev–Trinajstić information content (AvgIpc) is 3.07. The lowest BCUT2D eigenvalue weighted by Crippen LogP contribution is -2.48. The number of aromatic nitrogens is 2. The van der Waals surface area contributed by atoms with Crippen LogP contribution in [0.25, 0.3) is 0 Å². The van der Waals surface area contributed by atoms with Crippen molar-refractivity contribution in [2.24, 2.45) is 5.73 Å². The molecule has 5 N–H and O–H groups in total. The summed E-state index contributed by atoms with van der Waals surface area (Å²) in [5, 5.41) is 12.8. The Morgan fingerprint density at radius 2 is 1.95 bits per heavy atom. The number of carbonyl (C=O) groups excluding carboxylic acids is 1. The van der Waals surface area contributed by atoms with Gasteiger partial charge in [-0.25, -0.2) is 0 Å². The van der Waals surface area contributed by atoms with Gasteiger partial charge in [-0.1, -0.05) is 40.5 Å². The molecule has 0 radical (unpaired) electrons. The van der Waals surface area contributed by atoms with Gasteiger partial charge in [-0.2, -0.15) is 5.10 Å². The molecule has 1 aromatic heterocycles.